The van der Waals surface area contributed by atoms with Crippen LogP contribution in [0.3, 0.4) is 0 Å². The van der Waals surface area contributed by atoms with E-state index in [1.807, 2.05) is 0 Å². The zero-order valence-corrected chi connectivity index (χ0v) is 10.8. The predicted octanol–water partition coefficient (Wildman–Crippen LogP) is 2.64. The van der Waals surface area contributed by atoms with Crippen molar-refractivity contribution in [3.63, 3.8) is 0 Å². The summed E-state index contributed by atoms with van der Waals surface area (Å²) >= 11 is 1.53. The van der Waals surface area contributed by atoms with Crippen LogP contribution in [-0.2, 0) is 16.9 Å². The molecule has 0 radical (unpaired) electrons. The van der Waals surface area contributed by atoms with Gasteiger partial charge >= 0.3 is 0 Å². The Balaban J connectivity index is 3.12. The molecule has 4 heteroatoms. The Labute approximate surface area is 95.1 Å². The van der Waals surface area contributed by atoms with Gasteiger partial charge in [0.15, 0.2) is 0 Å². The summed E-state index contributed by atoms with van der Waals surface area (Å²) in [6.45, 7) is 8.27. The minimum absolute atomic E-state index is 0.327. The van der Waals surface area contributed by atoms with Crippen molar-refractivity contribution < 1.29 is 9.84 Å². The van der Waals surface area contributed by atoms with E-state index in [9.17, 15) is 5.11 Å². The van der Waals surface area contributed by atoms with Crippen LogP contribution in [-0.4, -0.2) is 17.2 Å². The van der Waals surface area contributed by atoms with Gasteiger partial charge in [-0.3, -0.25) is 0 Å². The van der Waals surface area contributed by atoms with Crippen LogP contribution >= 0.6 is 11.3 Å². The third kappa shape index (κ3) is 3.00. The molecule has 15 heavy (non-hydrogen) atoms. The van der Waals surface area contributed by atoms with Crippen molar-refractivity contribution in [2.24, 2.45) is 0 Å². The molecule has 1 rings (SSSR count). The van der Waals surface area contributed by atoms with Crippen LogP contribution in [0.2, 0.25) is 0 Å². The van der Waals surface area contributed by atoms with Gasteiger partial charge < -0.3 is 9.84 Å². The molecule has 0 bridgehead atoms. The van der Waals surface area contributed by atoms with Gasteiger partial charge in [-0.2, -0.15) is 0 Å². The monoisotopic (exact) mass is 229 g/mol. The Morgan fingerprint density at radius 1 is 1.47 bits per heavy atom. The zero-order valence-electron chi connectivity index (χ0n) is 10.00. The molecule has 0 atom stereocenters. The largest absolute Gasteiger partial charge is 0.385 e. The van der Waals surface area contributed by atoms with Gasteiger partial charge in [-0.05, 0) is 19.8 Å². The highest BCUT2D eigenvalue weighted by atomic mass is 32.1. The number of methoxy groups -OCH3 is 1. The lowest BCUT2D eigenvalue weighted by atomic mass is 10.0. The molecule has 0 unspecified atom stereocenters. The van der Waals surface area contributed by atoms with E-state index < -0.39 is 5.60 Å². The standard InChI is InChI=1S/C11H19NO2S/c1-7(2)9-10(11(3,4)13)15-8(12-9)6-14-5/h7,13H,6H2,1-5H3. The van der Waals surface area contributed by atoms with E-state index in [2.05, 4.69) is 18.8 Å². The van der Waals surface area contributed by atoms with E-state index in [1.54, 1.807) is 21.0 Å². The summed E-state index contributed by atoms with van der Waals surface area (Å²) in [7, 11) is 1.65. The molecule has 1 aromatic heterocycles. The van der Waals surface area contributed by atoms with Gasteiger partial charge in [0.2, 0.25) is 0 Å². The van der Waals surface area contributed by atoms with Gasteiger partial charge in [-0.25, -0.2) is 4.98 Å². The van der Waals surface area contributed by atoms with Crippen LogP contribution in [0.15, 0.2) is 0 Å². The van der Waals surface area contributed by atoms with E-state index in [1.165, 1.54) is 11.3 Å². The average Bonchev–Trinajstić information content (AvgIpc) is 2.48. The molecular formula is C11H19NO2S. The van der Waals surface area contributed by atoms with E-state index in [0.717, 1.165) is 15.6 Å². The molecule has 1 N–H and O–H groups in total. The molecule has 1 heterocycles. The molecule has 0 aliphatic carbocycles. The molecule has 0 saturated carbocycles. The Bertz CT molecular complexity index is 326. The number of hydrogen-bond donors (Lipinski definition) is 1. The fourth-order valence-corrected chi connectivity index (χ4v) is 2.58. The molecule has 0 amide bonds. The third-order valence-electron chi connectivity index (χ3n) is 2.07. The van der Waals surface area contributed by atoms with Crippen molar-refractivity contribution in [2.45, 2.75) is 45.8 Å². The van der Waals surface area contributed by atoms with Crippen LogP contribution < -0.4 is 0 Å². The zero-order chi connectivity index (χ0) is 11.6. The lowest BCUT2D eigenvalue weighted by Crippen LogP contribution is -2.16. The molecule has 1 aromatic rings. The van der Waals surface area contributed by atoms with E-state index in [4.69, 9.17) is 4.74 Å². The first-order valence-corrected chi connectivity index (χ1v) is 5.89. The van der Waals surface area contributed by atoms with Crippen LogP contribution in [0.25, 0.3) is 0 Å². The first-order chi connectivity index (χ1) is 6.86. The fourth-order valence-electron chi connectivity index (χ4n) is 1.39. The minimum Gasteiger partial charge on any atom is -0.385 e. The van der Waals surface area contributed by atoms with Crippen molar-refractivity contribution in [3.05, 3.63) is 15.6 Å². The molecule has 0 saturated heterocycles. The van der Waals surface area contributed by atoms with Gasteiger partial charge in [0.25, 0.3) is 0 Å². The Morgan fingerprint density at radius 3 is 2.40 bits per heavy atom. The number of nitrogens with zero attached hydrogens (tertiary/aromatic N) is 1. The Morgan fingerprint density at radius 2 is 2.07 bits per heavy atom. The van der Waals surface area contributed by atoms with Gasteiger partial charge in [0, 0.05) is 7.11 Å². The van der Waals surface area contributed by atoms with Crippen molar-refractivity contribution in [3.8, 4) is 0 Å². The quantitative estimate of drug-likeness (QED) is 0.863. The Kier molecular flexibility index (Phi) is 3.87. The molecule has 0 aromatic carbocycles. The minimum atomic E-state index is -0.816. The third-order valence-corrected chi connectivity index (χ3v) is 3.43. The molecule has 0 spiro atoms. The first-order valence-electron chi connectivity index (χ1n) is 5.07. The van der Waals surface area contributed by atoms with Crippen molar-refractivity contribution >= 4 is 11.3 Å². The fraction of sp³-hybridized carbons (Fsp3) is 0.727. The van der Waals surface area contributed by atoms with Crippen molar-refractivity contribution in [1.82, 2.24) is 4.98 Å². The lowest BCUT2D eigenvalue weighted by molar-refractivity contribution is 0.0811. The summed E-state index contributed by atoms with van der Waals surface area (Å²) in [6, 6.07) is 0. The summed E-state index contributed by atoms with van der Waals surface area (Å²) in [6.07, 6.45) is 0. The van der Waals surface area contributed by atoms with Crippen molar-refractivity contribution in [2.75, 3.05) is 7.11 Å². The molecule has 0 aliphatic heterocycles. The van der Waals surface area contributed by atoms with Crippen molar-refractivity contribution in [1.29, 1.82) is 0 Å². The van der Waals surface area contributed by atoms with Crippen LogP contribution in [0, 0.1) is 0 Å². The SMILES string of the molecule is COCc1nc(C(C)C)c(C(C)(C)O)s1. The predicted molar refractivity (Wildman–Crippen MR) is 62.2 cm³/mol. The number of rotatable bonds is 4. The van der Waals surface area contributed by atoms with Gasteiger partial charge in [-0.15, -0.1) is 11.3 Å². The highest BCUT2D eigenvalue weighted by Gasteiger charge is 2.26. The summed E-state index contributed by atoms with van der Waals surface area (Å²) in [4.78, 5) is 5.45. The Hall–Kier alpha value is -0.450. The maximum atomic E-state index is 10.0. The number of aromatic nitrogens is 1. The maximum Gasteiger partial charge on any atom is 0.119 e. The topological polar surface area (TPSA) is 42.4 Å². The summed E-state index contributed by atoms with van der Waals surface area (Å²) in [5, 5.41) is 11.0. The molecule has 0 fully saturated rings. The molecule has 3 nitrogen and oxygen atoms in total. The number of hydrogen-bond acceptors (Lipinski definition) is 4. The highest BCUT2D eigenvalue weighted by molar-refractivity contribution is 7.11. The number of ether oxygens (including phenoxy) is 1. The summed E-state index contributed by atoms with van der Waals surface area (Å²) < 4.78 is 5.05. The lowest BCUT2D eigenvalue weighted by Gasteiger charge is -2.17. The normalized spacial score (nSPS) is 12.5. The van der Waals surface area contributed by atoms with Crippen LogP contribution in [0.5, 0.6) is 0 Å². The summed E-state index contributed by atoms with van der Waals surface area (Å²) in [5.41, 5.74) is 0.169. The second-order valence-electron chi connectivity index (χ2n) is 4.47. The molecular weight excluding hydrogens is 210 g/mol. The van der Waals surface area contributed by atoms with Crippen LogP contribution in [0.1, 0.15) is 49.2 Å². The summed E-state index contributed by atoms with van der Waals surface area (Å²) in [5.74, 6) is 0.327. The smallest absolute Gasteiger partial charge is 0.119 e. The molecule has 86 valence electrons. The van der Waals surface area contributed by atoms with E-state index in [0.29, 0.717) is 12.5 Å². The second kappa shape index (κ2) is 4.60. The second-order valence-corrected chi connectivity index (χ2v) is 5.55. The number of aliphatic hydroxyl groups is 1. The first kappa shape index (κ1) is 12.6. The van der Waals surface area contributed by atoms with Gasteiger partial charge in [0.05, 0.1) is 22.8 Å². The van der Waals surface area contributed by atoms with Crippen LogP contribution in [0.4, 0.5) is 0 Å². The average molecular weight is 229 g/mol. The highest BCUT2D eigenvalue weighted by Crippen LogP contribution is 2.33. The van der Waals surface area contributed by atoms with E-state index in [-0.39, 0.29) is 0 Å². The van der Waals surface area contributed by atoms with E-state index >= 15 is 0 Å². The van der Waals surface area contributed by atoms with Gasteiger partial charge in [0.1, 0.15) is 5.01 Å². The van der Waals surface area contributed by atoms with Gasteiger partial charge in [-0.1, -0.05) is 13.8 Å². The number of thiazole rings is 1. The maximum absolute atomic E-state index is 10.0. The molecule has 0 aliphatic rings.